The molecule has 2 heterocycles. The van der Waals surface area contributed by atoms with E-state index in [0.717, 1.165) is 29.5 Å². The normalized spacial score (nSPS) is 17.6. The first kappa shape index (κ1) is 14.2. The molecule has 0 aliphatic carbocycles. The third-order valence-electron chi connectivity index (χ3n) is 4.65. The lowest BCUT2D eigenvalue weighted by molar-refractivity contribution is 0.0845. The lowest BCUT2D eigenvalue weighted by Gasteiger charge is -2.19. The van der Waals surface area contributed by atoms with Gasteiger partial charge in [0.05, 0.1) is 5.56 Å². The molecule has 0 spiro atoms. The molecule has 0 saturated carbocycles. The molecule has 2 aromatic carbocycles. The fourth-order valence-corrected chi connectivity index (χ4v) is 3.50. The number of imide groups is 1. The Morgan fingerprint density at radius 1 is 1.04 bits per heavy atom. The van der Waals surface area contributed by atoms with Crippen LogP contribution in [0.25, 0.3) is 10.8 Å². The van der Waals surface area contributed by atoms with Gasteiger partial charge in [-0.3, -0.25) is 14.9 Å². The minimum absolute atomic E-state index is 0.317. The molecule has 4 rings (SSSR count). The average molecular weight is 309 g/mol. The number of benzene rings is 2. The first-order chi connectivity index (χ1) is 11.2. The van der Waals surface area contributed by atoms with Gasteiger partial charge in [-0.1, -0.05) is 12.1 Å². The van der Waals surface area contributed by atoms with Crippen LogP contribution in [0.4, 0.5) is 5.69 Å². The van der Waals surface area contributed by atoms with E-state index < -0.39 is 0 Å². The number of hydrogen-bond acceptors (Lipinski definition) is 4. The van der Waals surface area contributed by atoms with E-state index in [0.29, 0.717) is 11.1 Å². The van der Waals surface area contributed by atoms with Crippen LogP contribution in [0.3, 0.4) is 0 Å². The summed E-state index contributed by atoms with van der Waals surface area (Å²) in [6.07, 6.45) is 2.58. The molecule has 23 heavy (non-hydrogen) atoms. The summed E-state index contributed by atoms with van der Waals surface area (Å²) < 4.78 is 0. The molecular formula is C18H19N3O2. The molecule has 2 amide bonds. The number of amides is 2. The van der Waals surface area contributed by atoms with Crippen LogP contribution in [-0.2, 0) is 0 Å². The van der Waals surface area contributed by atoms with Crippen LogP contribution in [0.5, 0.6) is 0 Å². The van der Waals surface area contributed by atoms with E-state index in [1.807, 2.05) is 24.3 Å². The molecule has 0 radical (unpaired) electrons. The van der Waals surface area contributed by atoms with E-state index >= 15 is 0 Å². The van der Waals surface area contributed by atoms with E-state index in [9.17, 15) is 9.59 Å². The summed E-state index contributed by atoms with van der Waals surface area (Å²) in [6, 6.07) is 9.41. The number of nitrogens with one attached hydrogen (secondary N) is 2. The van der Waals surface area contributed by atoms with Gasteiger partial charge in [0.25, 0.3) is 11.8 Å². The molecule has 2 N–H and O–H groups in total. The highest BCUT2D eigenvalue weighted by molar-refractivity contribution is 6.26. The van der Waals surface area contributed by atoms with Gasteiger partial charge in [-0.2, -0.15) is 0 Å². The topological polar surface area (TPSA) is 61.4 Å². The maximum Gasteiger partial charge on any atom is 0.258 e. The molecule has 5 heteroatoms. The Morgan fingerprint density at radius 2 is 1.83 bits per heavy atom. The van der Waals surface area contributed by atoms with Crippen LogP contribution in [0, 0.1) is 0 Å². The first-order valence-corrected chi connectivity index (χ1v) is 8.11. The molecule has 2 aromatic rings. The number of rotatable bonds is 4. The van der Waals surface area contributed by atoms with Crippen molar-refractivity contribution in [2.45, 2.75) is 12.8 Å². The zero-order valence-corrected chi connectivity index (χ0v) is 12.9. The number of carbonyl (C=O) groups excluding carboxylic acids is 2. The Morgan fingerprint density at radius 3 is 2.65 bits per heavy atom. The van der Waals surface area contributed by atoms with Gasteiger partial charge in [0.2, 0.25) is 0 Å². The highest BCUT2D eigenvalue weighted by Gasteiger charge is 2.25. The summed E-state index contributed by atoms with van der Waals surface area (Å²) in [5.41, 5.74) is 2.07. The molecule has 1 saturated heterocycles. The van der Waals surface area contributed by atoms with Crippen molar-refractivity contribution in [2.24, 2.45) is 0 Å². The van der Waals surface area contributed by atoms with Crippen molar-refractivity contribution in [3.05, 3.63) is 41.5 Å². The van der Waals surface area contributed by atoms with Crippen LogP contribution in [0.2, 0.25) is 0 Å². The van der Waals surface area contributed by atoms with Crippen LogP contribution in [-0.4, -0.2) is 42.9 Å². The van der Waals surface area contributed by atoms with Crippen LogP contribution in [0.15, 0.2) is 30.3 Å². The quantitative estimate of drug-likeness (QED) is 0.850. The monoisotopic (exact) mass is 309 g/mol. The van der Waals surface area contributed by atoms with E-state index in [-0.39, 0.29) is 11.8 Å². The van der Waals surface area contributed by atoms with E-state index in [4.69, 9.17) is 0 Å². The van der Waals surface area contributed by atoms with Gasteiger partial charge < -0.3 is 10.2 Å². The largest absolute Gasteiger partial charge is 0.384 e. The Hall–Kier alpha value is -2.40. The lowest BCUT2D eigenvalue weighted by atomic mass is 9.94. The van der Waals surface area contributed by atoms with Gasteiger partial charge in [0.15, 0.2) is 0 Å². The van der Waals surface area contributed by atoms with E-state index in [1.165, 1.54) is 25.9 Å². The van der Waals surface area contributed by atoms with Crippen molar-refractivity contribution < 1.29 is 9.59 Å². The summed E-state index contributed by atoms with van der Waals surface area (Å²) in [6.45, 7) is 4.22. The maximum absolute atomic E-state index is 12.1. The highest BCUT2D eigenvalue weighted by Crippen LogP contribution is 2.29. The Bertz CT molecular complexity index is 794. The van der Waals surface area contributed by atoms with Gasteiger partial charge in [-0.05, 0) is 49.5 Å². The Balaban J connectivity index is 1.62. The van der Waals surface area contributed by atoms with Crippen LogP contribution < -0.4 is 10.6 Å². The third kappa shape index (κ3) is 2.57. The smallest absolute Gasteiger partial charge is 0.258 e. The second-order valence-corrected chi connectivity index (χ2v) is 6.19. The van der Waals surface area contributed by atoms with Crippen molar-refractivity contribution in [3.8, 4) is 0 Å². The van der Waals surface area contributed by atoms with Crippen molar-refractivity contribution in [3.63, 3.8) is 0 Å². The molecule has 0 aromatic heterocycles. The molecule has 2 aliphatic rings. The van der Waals surface area contributed by atoms with Crippen molar-refractivity contribution in [1.82, 2.24) is 10.2 Å². The number of nitrogens with zero attached hydrogens (tertiary/aromatic N) is 1. The van der Waals surface area contributed by atoms with Crippen LogP contribution >= 0.6 is 0 Å². The van der Waals surface area contributed by atoms with Gasteiger partial charge in [-0.25, -0.2) is 0 Å². The Labute approximate surface area is 134 Å². The van der Waals surface area contributed by atoms with Crippen LogP contribution in [0.1, 0.15) is 33.6 Å². The number of hydrogen-bond donors (Lipinski definition) is 2. The van der Waals surface area contributed by atoms with Gasteiger partial charge >= 0.3 is 0 Å². The molecule has 118 valence electrons. The fourth-order valence-electron chi connectivity index (χ4n) is 3.50. The molecule has 2 aliphatic heterocycles. The second-order valence-electron chi connectivity index (χ2n) is 6.19. The number of anilines is 1. The zero-order chi connectivity index (χ0) is 15.8. The van der Waals surface area contributed by atoms with Gasteiger partial charge in [0.1, 0.15) is 0 Å². The molecule has 5 nitrogen and oxygen atoms in total. The minimum atomic E-state index is -0.318. The number of carbonyl (C=O) groups is 2. The fraction of sp³-hybridized carbons (Fsp3) is 0.333. The molecule has 0 atom stereocenters. The summed E-state index contributed by atoms with van der Waals surface area (Å²) >= 11 is 0. The summed E-state index contributed by atoms with van der Waals surface area (Å²) in [4.78, 5) is 26.5. The van der Waals surface area contributed by atoms with E-state index in [2.05, 4.69) is 15.5 Å². The summed E-state index contributed by atoms with van der Waals surface area (Å²) in [5, 5.41) is 7.50. The zero-order valence-electron chi connectivity index (χ0n) is 12.9. The minimum Gasteiger partial charge on any atom is -0.384 e. The van der Waals surface area contributed by atoms with Gasteiger partial charge in [-0.15, -0.1) is 0 Å². The molecule has 0 unspecified atom stereocenters. The SMILES string of the molecule is O=C1NC(=O)c2cc(NCCN3CCCC3)cc3cccc1c23. The average Bonchev–Trinajstić information content (AvgIpc) is 3.05. The maximum atomic E-state index is 12.1. The summed E-state index contributed by atoms with van der Waals surface area (Å²) in [7, 11) is 0. The third-order valence-corrected chi connectivity index (χ3v) is 4.65. The van der Waals surface area contributed by atoms with Gasteiger partial charge in [0, 0.05) is 29.7 Å². The Kier molecular flexibility index (Phi) is 3.50. The molecule has 1 fully saturated rings. The second kappa shape index (κ2) is 5.66. The molecular weight excluding hydrogens is 290 g/mol. The predicted octanol–water partition coefficient (Wildman–Crippen LogP) is 2.23. The van der Waals surface area contributed by atoms with Crippen molar-refractivity contribution in [1.29, 1.82) is 0 Å². The lowest BCUT2D eigenvalue weighted by Crippen LogP contribution is -2.34. The molecule has 0 bridgehead atoms. The highest BCUT2D eigenvalue weighted by atomic mass is 16.2. The van der Waals surface area contributed by atoms with E-state index in [1.54, 1.807) is 6.07 Å². The standard InChI is InChI=1S/C18H19N3O2/c22-17-14-5-3-4-12-10-13(11-15(16(12)14)18(23)20-17)19-6-9-21-7-1-2-8-21/h3-5,10-11,19H,1-2,6-9H2,(H,20,22,23). The number of likely N-dealkylation sites (tertiary alicyclic amines) is 1. The summed E-state index contributed by atoms with van der Waals surface area (Å²) in [5.74, 6) is -0.635. The van der Waals surface area contributed by atoms with Crippen molar-refractivity contribution >= 4 is 28.3 Å². The predicted molar refractivity (Wildman–Crippen MR) is 89.9 cm³/mol. The van der Waals surface area contributed by atoms with Crippen molar-refractivity contribution in [2.75, 3.05) is 31.5 Å². The first-order valence-electron chi connectivity index (χ1n) is 8.11.